The summed E-state index contributed by atoms with van der Waals surface area (Å²) in [6.07, 6.45) is 43.0. The van der Waals surface area contributed by atoms with E-state index in [4.69, 9.17) is 37.0 Å². The van der Waals surface area contributed by atoms with Crippen molar-refractivity contribution in [2.45, 2.75) is 355 Å². The van der Waals surface area contributed by atoms with Crippen LogP contribution in [0.2, 0.25) is 0 Å². The fourth-order valence-electron chi connectivity index (χ4n) is 10.1. The van der Waals surface area contributed by atoms with Gasteiger partial charge in [-0.15, -0.1) is 0 Å². The van der Waals surface area contributed by atoms with Crippen molar-refractivity contribution in [1.29, 1.82) is 0 Å². The third-order valence-electron chi connectivity index (χ3n) is 15.5. The van der Waals surface area contributed by atoms with E-state index in [0.717, 1.165) is 102 Å². The van der Waals surface area contributed by atoms with Gasteiger partial charge in [0.2, 0.25) is 0 Å². The van der Waals surface area contributed by atoms with Crippen LogP contribution in [-0.4, -0.2) is 96.7 Å². The fourth-order valence-corrected chi connectivity index (χ4v) is 11.6. The molecule has 2 unspecified atom stereocenters. The third-order valence-corrected chi connectivity index (χ3v) is 17.4. The number of phosphoric acid groups is 2. The third kappa shape index (κ3) is 60.9. The molecule has 0 spiro atoms. The molecule has 0 aliphatic carbocycles. The van der Waals surface area contributed by atoms with Gasteiger partial charge in [-0.2, -0.15) is 0 Å². The molecule has 0 aromatic carbocycles. The van der Waals surface area contributed by atoms with Gasteiger partial charge in [0.1, 0.15) is 19.3 Å². The van der Waals surface area contributed by atoms with Gasteiger partial charge in [0, 0.05) is 25.7 Å². The van der Waals surface area contributed by atoms with E-state index in [-0.39, 0.29) is 25.7 Å². The highest BCUT2D eigenvalue weighted by molar-refractivity contribution is 7.47. The van der Waals surface area contributed by atoms with Gasteiger partial charge in [-0.1, -0.05) is 286 Å². The number of unbranched alkanes of at least 4 members (excludes halogenated alkanes) is 36. The summed E-state index contributed by atoms with van der Waals surface area (Å²) in [7, 11) is -9.89. The van der Waals surface area contributed by atoms with Crippen LogP contribution in [0.25, 0.3) is 0 Å². The van der Waals surface area contributed by atoms with Gasteiger partial charge in [-0.3, -0.25) is 37.3 Å². The van der Waals surface area contributed by atoms with Crippen molar-refractivity contribution in [3.8, 4) is 0 Å². The molecule has 17 nitrogen and oxygen atoms in total. The zero-order valence-corrected chi connectivity index (χ0v) is 57.4. The van der Waals surface area contributed by atoms with Crippen LogP contribution >= 0.6 is 15.6 Å². The maximum Gasteiger partial charge on any atom is 0.472 e. The van der Waals surface area contributed by atoms with Crippen LogP contribution in [0.4, 0.5) is 0 Å². The first kappa shape index (κ1) is 84.1. The number of phosphoric ester groups is 2. The zero-order valence-electron chi connectivity index (χ0n) is 55.6. The molecule has 0 aliphatic heterocycles. The molecule has 86 heavy (non-hydrogen) atoms. The lowest BCUT2D eigenvalue weighted by molar-refractivity contribution is -0.161. The van der Waals surface area contributed by atoms with Crippen LogP contribution in [0.3, 0.4) is 0 Å². The minimum absolute atomic E-state index is 0.105. The largest absolute Gasteiger partial charge is 0.472 e. The summed E-state index contributed by atoms with van der Waals surface area (Å²) >= 11 is 0. The first-order valence-electron chi connectivity index (χ1n) is 35.0. The number of aliphatic hydroxyl groups is 1. The minimum atomic E-state index is -4.95. The van der Waals surface area contributed by atoms with Crippen LogP contribution < -0.4 is 0 Å². The monoisotopic (exact) mass is 1270 g/mol. The molecular weight excluding hydrogens is 1140 g/mol. The topological polar surface area (TPSA) is 237 Å². The Labute approximate surface area is 524 Å². The second-order valence-corrected chi connectivity index (χ2v) is 28.1. The van der Waals surface area contributed by atoms with Crippen molar-refractivity contribution in [3.63, 3.8) is 0 Å². The number of esters is 4. The molecule has 510 valence electrons. The lowest BCUT2D eigenvalue weighted by atomic mass is 10.0. The number of rotatable bonds is 66. The Hall–Kier alpha value is -1.94. The van der Waals surface area contributed by atoms with Gasteiger partial charge in [0.15, 0.2) is 12.2 Å². The van der Waals surface area contributed by atoms with Gasteiger partial charge >= 0.3 is 39.5 Å². The second kappa shape index (κ2) is 59.4. The Morgan fingerprint density at radius 3 is 0.791 bits per heavy atom. The Morgan fingerprint density at radius 1 is 0.314 bits per heavy atom. The van der Waals surface area contributed by atoms with Crippen molar-refractivity contribution in [2.75, 3.05) is 39.6 Å². The number of ether oxygens (including phenoxy) is 4. The van der Waals surface area contributed by atoms with Gasteiger partial charge in [-0.05, 0) is 37.5 Å². The van der Waals surface area contributed by atoms with E-state index in [0.29, 0.717) is 31.6 Å². The SMILES string of the molecule is CCCCCCCCCCCCCCC(=O)OC[C@H](COP(=O)(O)OC[C@@H](O)COP(=O)(O)OC[C@@H](COC(=O)CCCCCCCCCC(C)C)OC(=O)CCCCCCCCCCCCCC)OC(=O)CCCCCCCCCCCC(C)C. The van der Waals surface area contributed by atoms with Gasteiger partial charge < -0.3 is 33.8 Å². The molecule has 0 rings (SSSR count). The molecule has 19 heteroatoms. The van der Waals surface area contributed by atoms with Crippen LogP contribution in [0.1, 0.15) is 337 Å². The van der Waals surface area contributed by atoms with E-state index < -0.39 is 97.5 Å². The molecule has 0 radical (unpaired) electrons. The standard InChI is InChI=1S/C67H130O17P2/c1-7-9-11-13-15-17-19-21-25-31-37-43-49-64(69)77-55-62(84-67(72)52-46-40-33-27-23-24-29-35-41-47-59(3)4)57-81-85(73,74)79-53-61(68)54-80-86(75,76)82-58-63(56-78-65(70)50-44-38-34-28-30-36-42-48-60(5)6)83-66(71)51-45-39-32-26-22-20-18-16-14-12-10-8-2/h59-63,68H,7-58H2,1-6H3,(H,73,74)(H,75,76)/t61-,62-,63-/m1/s1. The number of hydrogen-bond acceptors (Lipinski definition) is 15. The summed E-state index contributed by atoms with van der Waals surface area (Å²) in [6.45, 7) is 9.44. The Balaban J connectivity index is 5.25. The van der Waals surface area contributed by atoms with Crippen molar-refractivity contribution in [1.82, 2.24) is 0 Å². The Kier molecular flexibility index (Phi) is 58.0. The predicted octanol–water partition coefficient (Wildman–Crippen LogP) is 18.8. The van der Waals surface area contributed by atoms with Crippen molar-refractivity contribution in [3.05, 3.63) is 0 Å². The molecular formula is C67H130O17P2. The van der Waals surface area contributed by atoms with Crippen molar-refractivity contribution >= 4 is 39.5 Å². The molecule has 0 saturated heterocycles. The second-order valence-electron chi connectivity index (χ2n) is 25.2. The summed E-state index contributed by atoms with van der Waals surface area (Å²) < 4.78 is 68.1. The lowest BCUT2D eigenvalue weighted by Gasteiger charge is -2.21. The highest BCUT2D eigenvalue weighted by Crippen LogP contribution is 2.45. The summed E-state index contributed by atoms with van der Waals surface area (Å²) in [6, 6.07) is 0. The highest BCUT2D eigenvalue weighted by atomic mass is 31.2. The van der Waals surface area contributed by atoms with Crippen molar-refractivity contribution in [2.24, 2.45) is 11.8 Å². The number of hydrogen-bond donors (Lipinski definition) is 3. The maximum atomic E-state index is 13.0. The van der Waals surface area contributed by atoms with Crippen molar-refractivity contribution < 1.29 is 80.2 Å². The quantitative estimate of drug-likeness (QED) is 0.0222. The molecule has 0 aromatic heterocycles. The number of carbonyl (C=O) groups excluding carboxylic acids is 4. The fraction of sp³-hybridized carbons (Fsp3) is 0.940. The van der Waals surface area contributed by atoms with E-state index in [1.54, 1.807) is 0 Å². The summed E-state index contributed by atoms with van der Waals surface area (Å²) in [4.78, 5) is 72.4. The van der Waals surface area contributed by atoms with Crippen LogP contribution in [-0.2, 0) is 65.4 Å². The lowest BCUT2D eigenvalue weighted by Crippen LogP contribution is -2.30. The van der Waals surface area contributed by atoms with E-state index in [1.807, 2.05) is 0 Å². The molecule has 5 atom stereocenters. The Morgan fingerprint density at radius 2 is 0.535 bits per heavy atom. The first-order chi connectivity index (χ1) is 41.4. The highest BCUT2D eigenvalue weighted by Gasteiger charge is 2.30. The molecule has 0 aliphatic rings. The maximum absolute atomic E-state index is 13.0. The molecule has 0 amide bonds. The van der Waals surface area contributed by atoms with Crippen LogP contribution in [0, 0.1) is 11.8 Å². The van der Waals surface area contributed by atoms with Gasteiger partial charge in [-0.25, -0.2) is 9.13 Å². The normalized spacial score (nSPS) is 14.2. The molecule has 0 saturated carbocycles. The molecule has 0 fully saturated rings. The average Bonchev–Trinajstić information content (AvgIpc) is 3.49. The van der Waals surface area contributed by atoms with E-state index >= 15 is 0 Å². The summed E-state index contributed by atoms with van der Waals surface area (Å²) in [5.74, 6) is -0.686. The molecule has 0 aromatic rings. The van der Waals surface area contributed by atoms with E-state index in [2.05, 4.69) is 41.5 Å². The smallest absolute Gasteiger partial charge is 0.462 e. The number of carbonyl (C=O) groups is 4. The molecule has 0 bridgehead atoms. The number of aliphatic hydroxyl groups excluding tert-OH is 1. The summed E-state index contributed by atoms with van der Waals surface area (Å²) in [5.41, 5.74) is 0. The zero-order chi connectivity index (χ0) is 63.6. The predicted molar refractivity (Wildman–Crippen MR) is 345 cm³/mol. The van der Waals surface area contributed by atoms with E-state index in [9.17, 15) is 43.2 Å². The van der Waals surface area contributed by atoms with E-state index in [1.165, 1.54) is 148 Å². The Bertz CT molecular complexity index is 1680. The first-order valence-corrected chi connectivity index (χ1v) is 38.0. The van der Waals surface area contributed by atoms with Gasteiger partial charge in [0.05, 0.1) is 26.4 Å². The van der Waals surface area contributed by atoms with Gasteiger partial charge in [0.25, 0.3) is 0 Å². The average molecular weight is 1270 g/mol. The van der Waals surface area contributed by atoms with Crippen LogP contribution in [0.15, 0.2) is 0 Å². The minimum Gasteiger partial charge on any atom is -0.462 e. The molecule has 3 N–H and O–H groups in total. The van der Waals surface area contributed by atoms with Crippen LogP contribution in [0.5, 0.6) is 0 Å². The summed E-state index contributed by atoms with van der Waals surface area (Å²) in [5, 5.41) is 10.6. The molecule has 0 heterocycles.